The first-order valence-electron chi connectivity index (χ1n) is 6.16. The van der Waals surface area contributed by atoms with Crippen LogP contribution in [0.15, 0.2) is 18.2 Å². The molecule has 0 saturated carbocycles. The van der Waals surface area contributed by atoms with Gasteiger partial charge in [0.2, 0.25) is 5.91 Å². The molecule has 1 aromatic carbocycles. The van der Waals surface area contributed by atoms with Crippen molar-refractivity contribution in [2.24, 2.45) is 5.73 Å². The quantitative estimate of drug-likeness (QED) is 0.789. The first-order valence-corrected chi connectivity index (χ1v) is 6.57. The number of thiocarbonyl (C=S) groups is 1. The van der Waals surface area contributed by atoms with E-state index in [0.717, 1.165) is 12.1 Å². The summed E-state index contributed by atoms with van der Waals surface area (Å²) in [6.45, 7) is 2.05. The lowest BCUT2D eigenvalue weighted by molar-refractivity contribution is -0.138. The number of benzene rings is 1. The molecule has 1 aromatic rings. The number of alkyl halides is 3. The zero-order valence-corrected chi connectivity index (χ0v) is 12.1. The summed E-state index contributed by atoms with van der Waals surface area (Å²) < 4.78 is 43.9. The number of rotatable bonds is 6. The van der Waals surface area contributed by atoms with Gasteiger partial charge in [-0.25, -0.2) is 0 Å². The number of hydrogen-bond acceptors (Lipinski definition) is 3. The lowest BCUT2D eigenvalue weighted by Crippen LogP contribution is -2.24. The number of halogens is 3. The summed E-state index contributed by atoms with van der Waals surface area (Å²) in [4.78, 5) is 11.1. The van der Waals surface area contributed by atoms with E-state index in [4.69, 9.17) is 10.5 Å². The molecular formula is C13H15F3N2O2S. The average Bonchev–Trinajstić information content (AvgIpc) is 2.37. The molecule has 8 heteroatoms. The maximum absolute atomic E-state index is 13.0. The Labute approximate surface area is 125 Å². The summed E-state index contributed by atoms with van der Waals surface area (Å²) >= 11 is 4.66. The van der Waals surface area contributed by atoms with Crippen LogP contribution in [-0.4, -0.2) is 24.0 Å². The van der Waals surface area contributed by atoms with Gasteiger partial charge in [-0.2, -0.15) is 13.2 Å². The van der Waals surface area contributed by atoms with Crippen molar-refractivity contribution in [3.8, 4) is 5.75 Å². The molecule has 0 radical (unpaired) electrons. The Morgan fingerprint density at radius 3 is 2.62 bits per heavy atom. The molecule has 0 aliphatic rings. The maximum Gasteiger partial charge on any atom is 0.419 e. The fourth-order valence-electron chi connectivity index (χ4n) is 1.57. The molecule has 0 bridgehead atoms. The molecular weight excluding hydrogens is 305 g/mol. The molecule has 116 valence electrons. The van der Waals surface area contributed by atoms with Crippen molar-refractivity contribution < 1.29 is 22.7 Å². The Bertz CT molecular complexity index is 533. The number of nitrogens with two attached hydrogens (primary N) is 1. The van der Waals surface area contributed by atoms with Crippen LogP contribution in [0.3, 0.4) is 0 Å². The highest BCUT2D eigenvalue weighted by atomic mass is 32.1. The zero-order chi connectivity index (χ0) is 16.0. The SMILES string of the molecule is CCNC(=O)CCOc1ccc(C(N)=S)cc1C(F)(F)F. The third kappa shape index (κ3) is 5.22. The normalized spacial score (nSPS) is 11.0. The minimum atomic E-state index is -4.60. The van der Waals surface area contributed by atoms with Crippen LogP contribution < -0.4 is 15.8 Å². The lowest BCUT2D eigenvalue weighted by Gasteiger charge is -2.15. The van der Waals surface area contributed by atoms with E-state index >= 15 is 0 Å². The van der Waals surface area contributed by atoms with Gasteiger partial charge in [0.25, 0.3) is 0 Å². The fraction of sp³-hybridized carbons (Fsp3) is 0.385. The Hall–Kier alpha value is -1.83. The van der Waals surface area contributed by atoms with E-state index in [1.807, 2.05) is 0 Å². The molecule has 0 aliphatic carbocycles. The van der Waals surface area contributed by atoms with E-state index in [9.17, 15) is 18.0 Å². The summed E-state index contributed by atoms with van der Waals surface area (Å²) in [6, 6.07) is 3.33. The fourth-order valence-corrected chi connectivity index (χ4v) is 1.70. The van der Waals surface area contributed by atoms with Gasteiger partial charge in [-0.05, 0) is 25.1 Å². The predicted molar refractivity (Wildman–Crippen MR) is 76.1 cm³/mol. The van der Waals surface area contributed by atoms with Crippen molar-refractivity contribution in [3.05, 3.63) is 29.3 Å². The Morgan fingerprint density at radius 2 is 2.10 bits per heavy atom. The standard InChI is InChI=1S/C13H15F3N2O2S/c1-2-18-11(19)5-6-20-10-4-3-8(12(17)21)7-9(10)13(14,15)16/h3-4,7H,2,5-6H2,1H3,(H2,17,21)(H,18,19). The highest BCUT2D eigenvalue weighted by Crippen LogP contribution is 2.36. The molecule has 0 saturated heterocycles. The Kier molecular flexibility index (Phi) is 5.95. The highest BCUT2D eigenvalue weighted by Gasteiger charge is 2.34. The van der Waals surface area contributed by atoms with E-state index in [0.29, 0.717) is 6.54 Å². The van der Waals surface area contributed by atoms with E-state index in [-0.39, 0.29) is 35.2 Å². The maximum atomic E-state index is 13.0. The molecule has 0 aromatic heterocycles. The van der Waals surface area contributed by atoms with Crippen LogP contribution in [0.4, 0.5) is 13.2 Å². The molecule has 0 heterocycles. The third-order valence-corrected chi connectivity index (χ3v) is 2.77. The van der Waals surface area contributed by atoms with Gasteiger partial charge in [-0.3, -0.25) is 4.79 Å². The lowest BCUT2D eigenvalue weighted by atomic mass is 10.1. The van der Waals surface area contributed by atoms with Crippen molar-refractivity contribution in [1.82, 2.24) is 5.32 Å². The highest BCUT2D eigenvalue weighted by molar-refractivity contribution is 7.80. The summed E-state index contributed by atoms with van der Waals surface area (Å²) in [5.41, 5.74) is 4.46. The molecule has 4 nitrogen and oxygen atoms in total. The monoisotopic (exact) mass is 320 g/mol. The number of hydrogen-bond donors (Lipinski definition) is 2. The van der Waals surface area contributed by atoms with E-state index in [1.54, 1.807) is 6.92 Å². The summed E-state index contributed by atoms with van der Waals surface area (Å²) in [7, 11) is 0. The smallest absolute Gasteiger partial charge is 0.419 e. The minimum Gasteiger partial charge on any atom is -0.492 e. The van der Waals surface area contributed by atoms with Crippen LogP contribution in [0, 0.1) is 0 Å². The van der Waals surface area contributed by atoms with E-state index in [1.165, 1.54) is 6.07 Å². The van der Waals surface area contributed by atoms with Crippen LogP contribution in [0.1, 0.15) is 24.5 Å². The molecule has 3 N–H and O–H groups in total. The minimum absolute atomic E-state index is 0.0256. The molecule has 1 amide bonds. The van der Waals surface area contributed by atoms with Crippen LogP contribution >= 0.6 is 12.2 Å². The molecule has 21 heavy (non-hydrogen) atoms. The molecule has 0 aliphatic heterocycles. The van der Waals surface area contributed by atoms with Gasteiger partial charge in [0.1, 0.15) is 10.7 Å². The average molecular weight is 320 g/mol. The van der Waals surface area contributed by atoms with Crippen LogP contribution in [-0.2, 0) is 11.0 Å². The number of amides is 1. The molecule has 0 fully saturated rings. The van der Waals surface area contributed by atoms with Crippen molar-refractivity contribution in [3.63, 3.8) is 0 Å². The number of carbonyl (C=O) groups excluding carboxylic acids is 1. The van der Waals surface area contributed by atoms with Gasteiger partial charge in [0, 0.05) is 12.1 Å². The first-order chi connectivity index (χ1) is 9.75. The second-order valence-corrected chi connectivity index (χ2v) is 4.56. The molecule has 0 unspecified atom stereocenters. The number of nitrogens with one attached hydrogen (secondary N) is 1. The zero-order valence-electron chi connectivity index (χ0n) is 11.3. The van der Waals surface area contributed by atoms with Crippen LogP contribution in [0.2, 0.25) is 0 Å². The van der Waals surface area contributed by atoms with Crippen molar-refractivity contribution >= 4 is 23.1 Å². The Balaban J connectivity index is 2.86. The number of carbonyl (C=O) groups is 1. The van der Waals surface area contributed by atoms with Gasteiger partial charge in [0.15, 0.2) is 0 Å². The Morgan fingerprint density at radius 1 is 1.43 bits per heavy atom. The van der Waals surface area contributed by atoms with Gasteiger partial charge in [-0.15, -0.1) is 0 Å². The predicted octanol–water partition coefficient (Wildman–Crippen LogP) is 2.24. The van der Waals surface area contributed by atoms with Gasteiger partial charge < -0.3 is 15.8 Å². The topological polar surface area (TPSA) is 64.3 Å². The summed E-state index contributed by atoms with van der Waals surface area (Å²) in [5.74, 6) is -0.641. The van der Waals surface area contributed by atoms with Crippen molar-refractivity contribution in [1.29, 1.82) is 0 Å². The van der Waals surface area contributed by atoms with Gasteiger partial charge >= 0.3 is 6.18 Å². The van der Waals surface area contributed by atoms with E-state index in [2.05, 4.69) is 17.5 Å². The van der Waals surface area contributed by atoms with Crippen LogP contribution in [0.5, 0.6) is 5.75 Å². The molecule has 0 atom stereocenters. The van der Waals surface area contributed by atoms with Crippen molar-refractivity contribution in [2.45, 2.75) is 19.5 Å². The third-order valence-electron chi connectivity index (χ3n) is 2.53. The summed E-state index contributed by atoms with van der Waals surface area (Å²) in [5, 5.41) is 2.53. The number of ether oxygens (including phenoxy) is 1. The van der Waals surface area contributed by atoms with Gasteiger partial charge in [0.05, 0.1) is 18.6 Å². The van der Waals surface area contributed by atoms with E-state index < -0.39 is 11.7 Å². The molecule has 1 rings (SSSR count). The van der Waals surface area contributed by atoms with Crippen molar-refractivity contribution in [2.75, 3.05) is 13.2 Å². The second-order valence-electron chi connectivity index (χ2n) is 4.12. The summed E-state index contributed by atoms with van der Waals surface area (Å²) in [6.07, 6.45) is -4.62. The largest absolute Gasteiger partial charge is 0.492 e. The van der Waals surface area contributed by atoms with Gasteiger partial charge in [-0.1, -0.05) is 12.2 Å². The van der Waals surface area contributed by atoms with Crippen LogP contribution in [0.25, 0.3) is 0 Å². The second kappa shape index (κ2) is 7.26. The first kappa shape index (κ1) is 17.2. The molecule has 0 spiro atoms.